The molecule has 2 saturated heterocycles. The minimum atomic E-state index is -0.824. The van der Waals surface area contributed by atoms with Crippen LogP contribution >= 0.6 is 0 Å². The Morgan fingerprint density at radius 1 is 0.653 bits per heavy atom. The van der Waals surface area contributed by atoms with Crippen molar-refractivity contribution in [2.24, 2.45) is 0 Å². The van der Waals surface area contributed by atoms with Crippen LogP contribution in [-0.4, -0.2) is 95.1 Å². The van der Waals surface area contributed by atoms with Crippen LogP contribution in [0.5, 0.6) is 0 Å². The number of rotatable bonds is 8. The summed E-state index contributed by atoms with van der Waals surface area (Å²) in [5.74, 6) is -2.26. The lowest BCUT2D eigenvalue weighted by atomic mass is 10.1. The molecule has 0 unspecified atom stereocenters. The lowest BCUT2D eigenvalue weighted by Crippen LogP contribution is -2.44. The molecule has 49 heavy (non-hydrogen) atoms. The number of Topliss-reactive ketones (excluding diaryl/α,β-unsaturated/α-hetero) is 2. The number of ketones is 2. The van der Waals surface area contributed by atoms with E-state index in [0.29, 0.717) is 60.7 Å². The molecule has 262 valence electrons. The Morgan fingerprint density at radius 3 is 1.41 bits per heavy atom. The highest BCUT2D eigenvalue weighted by Gasteiger charge is 2.39. The van der Waals surface area contributed by atoms with Crippen LogP contribution in [0.2, 0.25) is 0 Å². The van der Waals surface area contributed by atoms with Gasteiger partial charge in [-0.05, 0) is 91.5 Å². The fourth-order valence-corrected chi connectivity index (χ4v) is 5.86. The first-order valence-electron chi connectivity index (χ1n) is 16.4. The van der Waals surface area contributed by atoms with Gasteiger partial charge in [0, 0.05) is 35.0 Å². The molecular weight excluding hydrogens is 636 g/mol. The average molecular weight is 679 g/mol. The normalized spacial score (nSPS) is 18.1. The number of ether oxygens (including phenoxy) is 4. The van der Waals surface area contributed by atoms with Crippen molar-refractivity contribution >= 4 is 57.6 Å². The molecule has 2 atom stereocenters. The number of carbonyl (C=O) groups is 6. The summed E-state index contributed by atoms with van der Waals surface area (Å²) in [5, 5.41) is 1.41. The SMILES string of the molecule is CC(C)(C)OC(=O)N1CCC[C@@H]1C(=O)OCC(=O)c1ccc2c(c1)oc1cc(C(=O)COC(=O)[C@H]3CCCN3C(=O)OC(C)(C)C)ccc12. The number of esters is 2. The maximum absolute atomic E-state index is 13.0. The lowest BCUT2D eigenvalue weighted by Gasteiger charge is -2.27. The van der Waals surface area contributed by atoms with Crippen LogP contribution in [0.3, 0.4) is 0 Å². The largest absolute Gasteiger partial charge is 0.456 e. The highest BCUT2D eigenvalue weighted by Crippen LogP contribution is 2.31. The summed E-state index contributed by atoms with van der Waals surface area (Å²) in [6.45, 7) is 10.1. The fourth-order valence-electron chi connectivity index (χ4n) is 5.86. The standard InChI is InChI=1S/C36H42N2O11/c1-35(2,3)48-33(43)37-15-7-9-25(37)31(41)45-19-27(39)21-11-13-23-24-14-12-22(18-30(24)47-29(23)17-21)28(40)20-46-32(42)26-10-8-16-38(26)34(44)49-36(4,5)6/h11-14,17-18,25-26H,7-10,15-16,19-20H2,1-6H3/t25-,26-/m1/s1. The van der Waals surface area contributed by atoms with E-state index in [0.717, 1.165) is 0 Å². The molecule has 1 aromatic heterocycles. The molecule has 2 aliphatic heterocycles. The van der Waals surface area contributed by atoms with E-state index >= 15 is 0 Å². The second-order valence-corrected chi connectivity index (χ2v) is 14.2. The predicted octanol–water partition coefficient (Wildman–Crippen LogP) is 5.84. The zero-order valence-corrected chi connectivity index (χ0v) is 28.7. The Bertz CT molecular complexity index is 1670. The van der Waals surface area contributed by atoms with Gasteiger partial charge >= 0.3 is 24.1 Å². The van der Waals surface area contributed by atoms with Gasteiger partial charge in [-0.15, -0.1) is 0 Å². The summed E-state index contributed by atoms with van der Waals surface area (Å²) < 4.78 is 27.4. The third kappa shape index (κ3) is 8.38. The number of nitrogens with zero attached hydrogens (tertiary/aromatic N) is 2. The third-order valence-corrected chi connectivity index (χ3v) is 8.11. The number of carbonyl (C=O) groups excluding carboxylic acids is 6. The number of benzene rings is 2. The van der Waals surface area contributed by atoms with Gasteiger partial charge in [0.2, 0.25) is 0 Å². The van der Waals surface area contributed by atoms with Crippen LogP contribution < -0.4 is 0 Å². The maximum Gasteiger partial charge on any atom is 0.411 e. The Balaban J connectivity index is 1.19. The molecule has 0 saturated carbocycles. The van der Waals surface area contributed by atoms with Gasteiger partial charge in [0.05, 0.1) is 0 Å². The number of amides is 2. The molecule has 0 bridgehead atoms. The van der Waals surface area contributed by atoms with E-state index in [2.05, 4.69) is 0 Å². The highest BCUT2D eigenvalue weighted by atomic mass is 16.6. The Kier molecular flexibility index (Phi) is 10.0. The van der Waals surface area contributed by atoms with Crippen molar-refractivity contribution in [3.63, 3.8) is 0 Å². The van der Waals surface area contributed by atoms with Crippen LogP contribution in [0.4, 0.5) is 9.59 Å². The molecule has 0 N–H and O–H groups in total. The van der Waals surface area contributed by atoms with E-state index in [9.17, 15) is 28.8 Å². The van der Waals surface area contributed by atoms with E-state index < -0.39 is 72.2 Å². The zero-order valence-electron chi connectivity index (χ0n) is 28.7. The Labute approximate surface area is 283 Å². The van der Waals surface area contributed by atoms with Crippen molar-refractivity contribution in [1.29, 1.82) is 0 Å². The molecule has 0 aliphatic carbocycles. The number of furan rings is 1. The van der Waals surface area contributed by atoms with E-state index in [1.54, 1.807) is 65.8 Å². The summed E-state index contributed by atoms with van der Waals surface area (Å²) in [4.78, 5) is 79.3. The monoisotopic (exact) mass is 678 g/mol. The zero-order chi connectivity index (χ0) is 35.7. The van der Waals surface area contributed by atoms with Crippen molar-refractivity contribution in [3.05, 3.63) is 47.5 Å². The Hall–Kier alpha value is -4.94. The van der Waals surface area contributed by atoms with Gasteiger partial charge in [-0.25, -0.2) is 19.2 Å². The van der Waals surface area contributed by atoms with Crippen LogP contribution in [-0.2, 0) is 28.5 Å². The fraction of sp³-hybridized carbons (Fsp3) is 0.500. The van der Waals surface area contributed by atoms with Gasteiger partial charge in [0.25, 0.3) is 0 Å². The minimum absolute atomic E-state index is 0.255. The van der Waals surface area contributed by atoms with Crippen LogP contribution in [0.15, 0.2) is 40.8 Å². The Morgan fingerprint density at radius 2 is 1.04 bits per heavy atom. The van der Waals surface area contributed by atoms with Gasteiger partial charge in [-0.1, -0.05) is 12.1 Å². The van der Waals surface area contributed by atoms with E-state index in [1.807, 2.05) is 0 Å². The van der Waals surface area contributed by atoms with Crippen LogP contribution in [0.1, 0.15) is 87.9 Å². The number of hydrogen-bond acceptors (Lipinski definition) is 11. The van der Waals surface area contributed by atoms with E-state index in [4.69, 9.17) is 23.4 Å². The van der Waals surface area contributed by atoms with Crippen molar-refractivity contribution in [2.75, 3.05) is 26.3 Å². The smallest absolute Gasteiger partial charge is 0.411 e. The van der Waals surface area contributed by atoms with E-state index in [1.165, 1.54) is 21.9 Å². The van der Waals surface area contributed by atoms with E-state index in [-0.39, 0.29) is 11.1 Å². The first-order chi connectivity index (χ1) is 23.0. The second-order valence-electron chi connectivity index (χ2n) is 14.2. The topological polar surface area (TPSA) is 159 Å². The molecule has 3 aromatic rings. The molecule has 0 radical (unpaired) electrons. The van der Waals surface area contributed by atoms with Crippen LogP contribution in [0, 0.1) is 0 Å². The van der Waals surface area contributed by atoms with Gasteiger partial charge in [-0.2, -0.15) is 0 Å². The molecule has 2 fully saturated rings. The summed E-state index contributed by atoms with van der Waals surface area (Å²) in [6.07, 6.45) is 0.853. The minimum Gasteiger partial charge on any atom is -0.456 e. The third-order valence-electron chi connectivity index (χ3n) is 8.11. The average Bonchev–Trinajstić information content (AvgIpc) is 3.78. The van der Waals surface area contributed by atoms with Gasteiger partial charge in [-0.3, -0.25) is 19.4 Å². The highest BCUT2D eigenvalue weighted by molar-refractivity contribution is 6.10. The molecule has 2 aromatic carbocycles. The molecule has 5 rings (SSSR count). The van der Waals surface area contributed by atoms with Crippen molar-refractivity contribution in [1.82, 2.24) is 9.80 Å². The maximum atomic E-state index is 13.0. The predicted molar refractivity (Wildman–Crippen MR) is 176 cm³/mol. The lowest BCUT2D eigenvalue weighted by molar-refractivity contribution is -0.148. The number of fused-ring (bicyclic) bond motifs is 3. The summed E-state index contributed by atoms with van der Waals surface area (Å²) >= 11 is 0. The summed E-state index contributed by atoms with van der Waals surface area (Å²) in [5.41, 5.74) is -0.142. The quantitative estimate of drug-likeness (QED) is 0.160. The first kappa shape index (κ1) is 35.4. The second kappa shape index (κ2) is 13.9. The molecule has 2 amide bonds. The van der Waals surface area contributed by atoms with Crippen molar-refractivity contribution in [3.8, 4) is 0 Å². The van der Waals surface area contributed by atoms with Gasteiger partial charge in [0.1, 0.15) is 34.5 Å². The molecule has 0 spiro atoms. The molecule has 13 heteroatoms. The van der Waals surface area contributed by atoms with Gasteiger partial charge < -0.3 is 23.4 Å². The molecule has 3 heterocycles. The van der Waals surface area contributed by atoms with Crippen LogP contribution in [0.25, 0.3) is 21.9 Å². The van der Waals surface area contributed by atoms with Gasteiger partial charge in [0.15, 0.2) is 24.8 Å². The van der Waals surface area contributed by atoms with Crippen molar-refractivity contribution < 1.29 is 52.1 Å². The van der Waals surface area contributed by atoms with Crippen molar-refractivity contribution in [2.45, 2.75) is 90.5 Å². The first-order valence-corrected chi connectivity index (χ1v) is 16.4. The molecular formula is C36H42N2O11. The number of hydrogen-bond donors (Lipinski definition) is 0. The number of likely N-dealkylation sites (tertiary alicyclic amines) is 2. The molecule has 13 nitrogen and oxygen atoms in total. The molecule has 2 aliphatic rings. The summed E-state index contributed by atoms with van der Waals surface area (Å²) in [7, 11) is 0. The summed E-state index contributed by atoms with van der Waals surface area (Å²) in [6, 6.07) is 8.03.